The molecule has 0 unspecified atom stereocenters. The lowest BCUT2D eigenvalue weighted by Gasteiger charge is -2.38. The van der Waals surface area contributed by atoms with Gasteiger partial charge < -0.3 is 10.5 Å². The van der Waals surface area contributed by atoms with Crippen LogP contribution in [0, 0.1) is 0 Å². The maximum Gasteiger partial charge on any atom is 0.214 e. The zero-order chi connectivity index (χ0) is 11.6. The van der Waals surface area contributed by atoms with Gasteiger partial charge in [0.1, 0.15) is 0 Å². The predicted molar refractivity (Wildman–Crippen MR) is 61.5 cm³/mol. The number of hydrogen-bond acceptors (Lipinski definition) is 4. The highest BCUT2D eigenvalue weighted by molar-refractivity contribution is 7.90. The standard InChI is InChI=1S/C10H20N2O3S/c11-10(4-1-5-10)8-12-16(13,14)9-2-6-15-7-3-9/h9,12H,1-8,11H2. The van der Waals surface area contributed by atoms with E-state index >= 15 is 0 Å². The van der Waals surface area contributed by atoms with E-state index in [2.05, 4.69) is 4.72 Å². The fraction of sp³-hybridized carbons (Fsp3) is 1.00. The number of ether oxygens (including phenoxy) is 1. The predicted octanol–water partition coefficient (Wildman–Crippen LogP) is -0.0338. The molecular formula is C10H20N2O3S. The van der Waals surface area contributed by atoms with Crippen molar-refractivity contribution in [3.63, 3.8) is 0 Å². The lowest BCUT2D eigenvalue weighted by Crippen LogP contribution is -2.56. The van der Waals surface area contributed by atoms with Crippen LogP contribution in [0.5, 0.6) is 0 Å². The van der Waals surface area contributed by atoms with Crippen LogP contribution in [-0.2, 0) is 14.8 Å². The lowest BCUT2D eigenvalue weighted by atomic mass is 9.78. The fourth-order valence-corrected chi connectivity index (χ4v) is 3.69. The minimum atomic E-state index is -3.20. The minimum absolute atomic E-state index is 0.293. The molecule has 1 saturated carbocycles. The molecule has 0 aromatic heterocycles. The molecule has 0 radical (unpaired) electrons. The first kappa shape index (κ1) is 12.3. The fourth-order valence-electron chi connectivity index (χ4n) is 2.16. The van der Waals surface area contributed by atoms with Gasteiger partial charge in [-0.25, -0.2) is 13.1 Å². The van der Waals surface area contributed by atoms with Crippen LogP contribution < -0.4 is 10.5 Å². The molecule has 2 rings (SSSR count). The van der Waals surface area contributed by atoms with Gasteiger partial charge in [-0.15, -0.1) is 0 Å². The lowest BCUT2D eigenvalue weighted by molar-refractivity contribution is 0.0980. The van der Waals surface area contributed by atoms with Crippen molar-refractivity contribution in [3.05, 3.63) is 0 Å². The second-order valence-electron chi connectivity index (χ2n) is 4.89. The first-order valence-corrected chi connectivity index (χ1v) is 7.42. The molecule has 3 N–H and O–H groups in total. The smallest absolute Gasteiger partial charge is 0.214 e. The highest BCUT2D eigenvalue weighted by Gasteiger charge is 2.35. The molecule has 6 heteroatoms. The average molecular weight is 248 g/mol. The maximum absolute atomic E-state index is 12.0. The monoisotopic (exact) mass is 248 g/mol. The van der Waals surface area contributed by atoms with Crippen LogP contribution in [0.25, 0.3) is 0 Å². The van der Waals surface area contributed by atoms with E-state index in [0.29, 0.717) is 32.6 Å². The second kappa shape index (κ2) is 4.60. The topological polar surface area (TPSA) is 81.4 Å². The number of hydrogen-bond donors (Lipinski definition) is 2. The Bertz CT molecular complexity index is 332. The van der Waals surface area contributed by atoms with E-state index in [1.165, 1.54) is 0 Å². The molecule has 1 aliphatic heterocycles. The number of sulfonamides is 1. The Morgan fingerprint density at radius 3 is 2.44 bits per heavy atom. The summed E-state index contributed by atoms with van der Waals surface area (Å²) < 4.78 is 31.7. The normalized spacial score (nSPS) is 26.3. The molecular weight excluding hydrogens is 228 g/mol. The average Bonchev–Trinajstić information content (AvgIpc) is 2.25. The van der Waals surface area contributed by atoms with Gasteiger partial charge in [0.15, 0.2) is 0 Å². The van der Waals surface area contributed by atoms with Crippen molar-refractivity contribution in [2.24, 2.45) is 5.73 Å². The SMILES string of the molecule is NC1(CNS(=O)(=O)C2CCOCC2)CCC1. The first-order valence-electron chi connectivity index (χ1n) is 5.87. The van der Waals surface area contributed by atoms with Gasteiger partial charge in [-0.1, -0.05) is 0 Å². The molecule has 16 heavy (non-hydrogen) atoms. The molecule has 94 valence electrons. The first-order chi connectivity index (χ1) is 7.52. The maximum atomic E-state index is 12.0. The summed E-state index contributed by atoms with van der Waals surface area (Å²) in [4.78, 5) is 0. The summed E-state index contributed by atoms with van der Waals surface area (Å²) in [5.74, 6) is 0. The van der Waals surface area contributed by atoms with E-state index in [1.54, 1.807) is 0 Å². The summed E-state index contributed by atoms with van der Waals surface area (Å²) in [6, 6.07) is 0. The molecule has 5 nitrogen and oxygen atoms in total. The summed E-state index contributed by atoms with van der Waals surface area (Å²) >= 11 is 0. The Labute approximate surface area is 96.8 Å². The largest absolute Gasteiger partial charge is 0.381 e. The van der Waals surface area contributed by atoms with Crippen molar-refractivity contribution in [1.29, 1.82) is 0 Å². The van der Waals surface area contributed by atoms with Crippen molar-refractivity contribution in [3.8, 4) is 0 Å². The van der Waals surface area contributed by atoms with Gasteiger partial charge in [0.25, 0.3) is 0 Å². The van der Waals surface area contributed by atoms with Crippen LogP contribution in [0.3, 0.4) is 0 Å². The van der Waals surface area contributed by atoms with E-state index in [1.807, 2.05) is 0 Å². The van der Waals surface area contributed by atoms with Crippen LogP contribution in [0.4, 0.5) is 0 Å². The summed E-state index contributed by atoms with van der Waals surface area (Å²) in [6.45, 7) is 1.46. The Kier molecular flexibility index (Phi) is 3.53. The van der Waals surface area contributed by atoms with Crippen molar-refractivity contribution in [1.82, 2.24) is 4.72 Å². The van der Waals surface area contributed by atoms with E-state index in [0.717, 1.165) is 19.3 Å². The zero-order valence-electron chi connectivity index (χ0n) is 9.44. The highest BCUT2D eigenvalue weighted by Crippen LogP contribution is 2.28. The van der Waals surface area contributed by atoms with Crippen molar-refractivity contribution in [2.45, 2.75) is 42.9 Å². The molecule has 0 aromatic rings. The Hall–Kier alpha value is -0.170. The van der Waals surface area contributed by atoms with E-state index in [9.17, 15) is 8.42 Å². The number of rotatable bonds is 4. The van der Waals surface area contributed by atoms with Crippen molar-refractivity contribution in [2.75, 3.05) is 19.8 Å². The highest BCUT2D eigenvalue weighted by atomic mass is 32.2. The molecule has 0 bridgehead atoms. The molecule has 1 aliphatic carbocycles. The third kappa shape index (κ3) is 2.74. The number of nitrogens with one attached hydrogen (secondary N) is 1. The molecule has 1 saturated heterocycles. The van der Waals surface area contributed by atoms with E-state index < -0.39 is 10.0 Å². The second-order valence-corrected chi connectivity index (χ2v) is 6.94. The molecule has 1 heterocycles. The minimum Gasteiger partial charge on any atom is -0.381 e. The van der Waals surface area contributed by atoms with Gasteiger partial charge in [0, 0.05) is 25.3 Å². The van der Waals surface area contributed by atoms with Crippen LogP contribution in [-0.4, -0.2) is 39.0 Å². The Balaban J connectivity index is 1.86. The molecule has 0 aromatic carbocycles. The number of nitrogens with two attached hydrogens (primary N) is 1. The van der Waals surface area contributed by atoms with Crippen LogP contribution in [0.15, 0.2) is 0 Å². The quantitative estimate of drug-likeness (QED) is 0.732. The van der Waals surface area contributed by atoms with Crippen LogP contribution >= 0.6 is 0 Å². The van der Waals surface area contributed by atoms with Gasteiger partial charge in [0.2, 0.25) is 10.0 Å². The summed E-state index contributed by atoms with van der Waals surface area (Å²) in [5.41, 5.74) is 5.69. The molecule has 2 fully saturated rings. The Morgan fingerprint density at radius 1 is 1.31 bits per heavy atom. The van der Waals surface area contributed by atoms with E-state index in [-0.39, 0.29) is 10.8 Å². The van der Waals surface area contributed by atoms with Crippen LogP contribution in [0.2, 0.25) is 0 Å². The summed E-state index contributed by atoms with van der Waals surface area (Å²) in [7, 11) is -3.20. The summed E-state index contributed by atoms with van der Waals surface area (Å²) in [6.07, 6.45) is 4.13. The molecule has 0 spiro atoms. The van der Waals surface area contributed by atoms with Crippen molar-refractivity contribution >= 4 is 10.0 Å². The third-order valence-corrected chi connectivity index (χ3v) is 5.48. The van der Waals surface area contributed by atoms with Gasteiger partial charge in [-0.2, -0.15) is 0 Å². The van der Waals surface area contributed by atoms with Gasteiger partial charge in [-0.3, -0.25) is 0 Å². The van der Waals surface area contributed by atoms with E-state index in [4.69, 9.17) is 10.5 Å². The van der Waals surface area contributed by atoms with Crippen molar-refractivity contribution < 1.29 is 13.2 Å². The summed E-state index contributed by atoms with van der Waals surface area (Å²) in [5, 5.41) is -0.301. The van der Waals surface area contributed by atoms with Gasteiger partial charge in [0.05, 0.1) is 5.25 Å². The Morgan fingerprint density at radius 2 is 1.94 bits per heavy atom. The zero-order valence-corrected chi connectivity index (χ0v) is 10.3. The van der Waals surface area contributed by atoms with Gasteiger partial charge in [-0.05, 0) is 32.1 Å². The van der Waals surface area contributed by atoms with Gasteiger partial charge >= 0.3 is 0 Å². The third-order valence-electron chi connectivity index (χ3n) is 3.58. The molecule has 0 amide bonds. The molecule has 0 atom stereocenters. The molecule has 2 aliphatic rings. The van der Waals surface area contributed by atoms with Crippen LogP contribution in [0.1, 0.15) is 32.1 Å².